The van der Waals surface area contributed by atoms with Gasteiger partial charge in [-0.15, -0.1) is 0 Å². The molecular formula is C18H25BrN2O2. The van der Waals surface area contributed by atoms with Crippen LogP contribution in [0.15, 0.2) is 22.7 Å². The van der Waals surface area contributed by atoms with Crippen LogP contribution in [0.4, 0.5) is 5.69 Å². The van der Waals surface area contributed by atoms with Gasteiger partial charge in [0.05, 0.1) is 5.69 Å². The highest BCUT2D eigenvalue weighted by Gasteiger charge is 2.27. The molecule has 0 bridgehead atoms. The number of hydrogen-bond donors (Lipinski definition) is 1. The van der Waals surface area contributed by atoms with Gasteiger partial charge in [0.2, 0.25) is 11.8 Å². The number of carbonyl (C=O) groups excluding carboxylic acids is 2. The highest BCUT2D eigenvalue weighted by molar-refractivity contribution is 9.10. The predicted molar refractivity (Wildman–Crippen MR) is 96.3 cm³/mol. The van der Waals surface area contributed by atoms with Crippen molar-refractivity contribution in [2.45, 2.75) is 40.0 Å². The first-order valence-electron chi connectivity index (χ1n) is 8.21. The molecule has 4 nitrogen and oxygen atoms in total. The molecule has 0 radical (unpaired) electrons. The summed E-state index contributed by atoms with van der Waals surface area (Å²) in [5.74, 6) is 0.611. The summed E-state index contributed by atoms with van der Waals surface area (Å²) in [6.45, 7) is 7.48. The highest BCUT2D eigenvalue weighted by Crippen LogP contribution is 2.26. The maximum atomic E-state index is 12.4. The van der Waals surface area contributed by atoms with Crippen LogP contribution in [0.1, 0.15) is 38.7 Å². The zero-order chi connectivity index (χ0) is 17.0. The van der Waals surface area contributed by atoms with Crippen molar-refractivity contribution in [2.75, 3.05) is 18.4 Å². The van der Waals surface area contributed by atoms with E-state index in [0.29, 0.717) is 25.4 Å². The minimum Gasteiger partial charge on any atom is -0.343 e. The fraction of sp³-hybridized carbons (Fsp3) is 0.556. The third-order valence-corrected chi connectivity index (χ3v) is 4.84. The van der Waals surface area contributed by atoms with E-state index in [2.05, 4.69) is 35.1 Å². The first kappa shape index (κ1) is 18.0. The topological polar surface area (TPSA) is 49.4 Å². The van der Waals surface area contributed by atoms with Gasteiger partial charge >= 0.3 is 0 Å². The Labute approximate surface area is 146 Å². The molecule has 1 aromatic carbocycles. The smallest absolute Gasteiger partial charge is 0.227 e. The summed E-state index contributed by atoms with van der Waals surface area (Å²) in [7, 11) is 0. The van der Waals surface area contributed by atoms with Crippen molar-refractivity contribution in [2.24, 2.45) is 11.8 Å². The third kappa shape index (κ3) is 5.06. The van der Waals surface area contributed by atoms with Crippen LogP contribution in [-0.2, 0) is 9.59 Å². The predicted octanol–water partition coefficient (Wildman–Crippen LogP) is 3.98. The largest absolute Gasteiger partial charge is 0.343 e. The van der Waals surface area contributed by atoms with Gasteiger partial charge in [-0.1, -0.05) is 19.9 Å². The van der Waals surface area contributed by atoms with Crippen LogP contribution < -0.4 is 5.32 Å². The van der Waals surface area contributed by atoms with Gasteiger partial charge in [-0.2, -0.15) is 0 Å². The molecule has 1 aliphatic heterocycles. The van der Waals surface area contributed by atoms with Gasteiger partial charge in [-0.05, 0) is 59.3 Å². The Morgan fingerprint density at radius 3 is 2.52 bits per heavy atom. The standard InChI is InChI=1S/C18H25BrN2O2/c1-12(2)10-17(22)21-8-6-14(7-9-21)18(23)20-16-5-4-13(3)11-15(16)19/h4-5,11-12,14H,6-10H2,1-3H3,(H,20,23). The third-order valence-electron chi connectivity index (χ3n) is 4.18. The van der Waals surface area contributed by atoms with Crippen LogP contribution in [0.2, 0.25) is 0 Å². The number of carbonyl (C=O) groups is 2. The number of halogens is 1. The molecule has 0 spiro atoms. The average molecular weight is 381 g/mol. The van der Waals surface area contributed by atoms with Crippen molar-refractivity contribution in [1.82, 2.24) is 4.90 Å². The second-order valence-electron chi connectivity index (χ2n) is 6.73. The number of aryl methyl sites for hydroxylation is 1. The lowest BCUT2D eigenvalue weighted by Gasteiger charge is -2.32. The number of piperidine rings is 1. The van der Waals surface area contributed by atoms with Crippen molar-refractivity contribution in [3.05, 3.63) is 28.2 Å². The number of rotatable bonds is 4. The van der Waals surface area contributed by atoms with E-state index in [1.807, 2.05) is 30.0 Å². The van der Waals surface area contributed by atoms with Crippen molar-refractivity contribution < 1.29 is 9.59 Å². The monoisotopic (exact) mass is 380 g/mol. The molecule has 5 heteroatoms. The molecule has 0 aliphatic carbocycles. The molecule has 1 fully saturated rings. The molecule has 23 heavy (non-hydrogen) atoms. The number of anilines is 1. The summed E-state index contributed by atoms with van der Waals surface area (Å²) in [4.78, 5) is 26.4. The fourth-order valence-corrected chi connectivity index (χ4v) is 3.42. The van der Waals surface area contributed by atoms with E-state index in [-0.39, 0.29) is 17.7 Å². The Balaban J connectivity index is 1.87. The molecule has 0 aromatic heterocycles. The number of nitrogens with one attached hydrogen (secondary N) is 1. The van der Waals surface area contributed by atoms with E-state index in [0.717, 1.165) is 28.6 Å². The van der Waals surface area contributed by atoms with Gasteiger partial charge in [0.15, 0.2) is 0 Å². The van der Waals surface area contributed by atoms with Gasteiger partial charge in [0, 0.05) is 29.9 Å². The zero-order valence-corrected chi connectivity index (χ0v) is 15.6. The van der Waals surface area contributed by atoms with E-state index >= 15 is 0 Å². The Morgan fingerprint density at radius 1 is 1.30 bits per heavy atom. The molecule has 126 valence electrons. The summed E-state index contributed by atoms with van der Waals surface area (Å²) >= 11 is 3.48. The van der Waals surface area contributed by atoms with Crippen molar-refractivity contribution in [3.63, 3.8) is 0 Å². The number of nitrogens with zero attached hydrogens (tertiary/aromatic N) is 1. The second-order valence-corrected chi connectivity index (χ2v) is 7.58. The lowest BCUT2D eigenvalue weighted by Crippen LogP contribution is -2.41. The molecule has 1 N–H and O–H groups in total. The zero-order valence-electron chi connectivity index (χ0n) is 14.1. The molecule has 1 aliphatic rings. The second kappa shape index (κ2) is 7.95. The maximum Gasteiger partial charge on any atom is 0.227 e. The van der Waals surface area contributed by atoms with Gasteiger partial charge < -0.3 is 10.2 Å². The molecular weight excluding hydrogens is 356 g/mol. The number of benzene rings is 1. The molecule has 0 saturated carbocycles. The van der Waals surface area contributed by atoms with Crippen molar-refractivity contribution in [1.29, 1.82) is 0 Å². The van der Waals surface area contributed by atoms with E-state index < -0.39 is 0 Å². The Kier molecular flexibility index (Phi) is 6.22. The number of hydrogen-bond acceptors (Lipinski definition) is 2. The van der Waals surface area contributed by atoms with Crippen molar-refractivity contribution in [3.8, 4) is 0 Å². The van der Waals surface area contributed by atoms with E-state index in [4.69, 9.17) is 0 Å². The molecule has 0 atom stereocenters. The van der Waals surface area contributed by atoms with Gasteiger partial charge in [-0.3, -0.25) is 9.59 Å². The van der Waals surface area contributed by atoms with Crippen LogP contribution in [0, 0.1) is 18.8 Å². The first-order chi connectivity index (χ1) is 10.9. The van der Waals surface area contributed by atoms with Crippen LogP contribution in [0.5, 0.6) is 0 Å². The highest BCUT2D eigenvalue weighted by atomic mass is 79.9. The minimum absolute atomic E-state index is 0.0219. The summed E-state index contributed by atoms with van der Waals surface area (Å²) in [6.07, 6.45) is 2.06. The van der Waals surface area contributed by atoms with Crippen LogP contribution >= 0.6 is 15.9 Å². The van der Waals surface area contributed by atoms with E-state index in [1.54, 1.807) is 0 Å². The molecule has 2 rings (SSSR count). The lowest BCUT2D eigenvalue weighted by atomic mass is 9.95. The summed E-state index contributed by atoms with van der Waals surface area (Å²) in [6, 6.07) is 5.88. The summed E-state index contributed by atoms with van der Waals surface area (Å²) in [5.41, 5.74) is 1.95. The molecule has 1 aromatic rings. The Hall–Kier alpha value is -1.36. The molecule has 2 amide bonds. The van der Waals surface area contributed by atoms with Crippen molar-refractivity contribution >= 4 is 33.4 Å². The fourth-order valence-electron chi connectivity index (χ4n) is 2.83. The van der Waals surface area contributed by atoms with Gasteiger partial charge in [0.25, 0.3) is 0 Å². The molecule has 0 unspecified atom stereocenters. The van der Waals surface area contributed by atoms with Crippen LogP contribution in [0.25, 0.3) is 0 Å². The Morgan fingerprint density at radius 2 is 1.96 bits per heavy atom. The van der Waals surface area contributed by atoms with Crippen LogP contribution in [0.3, 0.4) is 0 Å². The number of likely N-dealkylation sites (tertiary alicyclic amines) is 1. The van der Waals surface area contributed by atoms with E-state index in [9.17, 15) is 9.59 Å². The first-order valence-corrected chi connectivity index (χ1v) is 9.01. The van der Waals surface area contributed by atoms with E-state index in [1.165, 1.54) is 0 Å². The Bertz CT molecular complexity index is 578. The quantitative estimate of drug-likeness (QED) is 0.858. The van der Waals surface area contributed by atoms with Crippen LogP contribution in [-0.4, -0.2) is 29.8 Å². The van der Waals surface area contributed by atoms with Gasteiger partial charge in [0.1, 0.15) is 0 Å². The van der Waals surface area contributed by atoms with Gasteiger partial charge in [-0.25, -0.2) is 0 Å². The average Bonchev–Trinajstić information content (AvgIpc) is 2.49. The SMILES string of the molecule is Cc1ccc(NC(=O)C2CCN(C(=O)CC(C)C)CC2)c(Br)c1. The maximum absolute atomic E-state index is 12.4. The lowest BCUT2D eigenvalue weighted by molar-refractivity contribution is -0.135. The number of amides is 2. The molecule has 1 saturated heterocycles. The summed E-state index contributed by atoms with van der Waals surface area (Å²) in [5, 5.41) is 2.99. The normalized spacial score (nSPS) is 15.8. The minimum atomic E-state index is -0.0219. The summed E-state index contributed by atoms with van der Waals surface area (Å²) < 4.78 is 0.899. The molecule has 1 heterocycles.